The van der Waals surface area contributed by atoms with E-state index in [-0.39, 0.29) is 118 Å². The third kappa shape index (κ3) is 50.9. The first-order valence-electron chi connectivity index (χ1n) is 41.7. The van der Waals surface area contributed by atoms with Crippen LogP contribution >= 0.6 is 0 Å². The van der Waals surface area contributed by atoms with Gasteiger partial charge >= 0.3 is 83.0 Å². The van der Waals surface area contributed by atoms with Gasteiger partial charge in [0.25, 0.3) is 16.6 Å². The average Bonchev–Trinajstić information content (AvgIpc) is 0.750. The molecule has 0 saturated carbocycles. The largest absolute Gasteiger partial charge is 1.00 e. The van der Waals surface area contributed by atoms with Crippen molar-refractivity contribution in [3.05, 3.63) is 291 Å². The van der Waals surface area contributed by atoms with Gasteiger partial charge in [-0.25, -0.2) is 0 Å². The van der Waals surface area contributed by atoms with Crippen LogP contribution in [0.15, 0.2) is 291 Å². The van der Waals surface area contributed by atoms with Gasteiger partial charge in [-0.2, -0.15) is 0 Å². The molecule has 0 amide bonds. The summed E-state index contributed by atoms with van der Waals surface area (Å²) < 4.78 is 35.6. The Labute approximate surface area is 775 Å². The van der Waals surface area contributed by atoms with Crippen LogP contribution < -0.4 is 85.0 Å². The van der Waals surface area contributed by atoms with E-state index in [9.17, 15) is 54.6 Å². The fraction of sp³-hybridized carbons (Fsp3) is 0.410. The Morgan fingerprint density at radius 1 is 0.393 bits per heavy atom. The van der Waals surface area contributed by atoms with Crippen LogP contribution in [-0.2, 0) is 51.8 Å². The quantitative estimate of drug-likeness (QED) is 0.00903. The number of esters is 4. The molecular formula is C100H136Na2O18Si2. The van der Waals surface area contributed by atoms with Crippen LogP contribution in [0, 0.1) is 11.8 Å². The Kier molecular flexibility index (Phi) is 66.3. The molecule has 4 aromatic carbocycles. The number of carboxylic acids is 1. The van der Waals surface area contributed by atoms with Crippen LogP contribution in [0.3, 0.4) is 0 Å². The maximum absolute atomic E-state index is 11.8. The second kappa shape index (κ2) is 69.6. The van der Waals surface area contributed by atoms with Crippen molar-refractivity contribution in [2.24, 2.45) is 0 Å². The van der Waals surface area contributed by atoms with Crippen molar-refractivity contribution >= 4 is 67.2 Å². The summed E-state index contributed by atoms with van der Waals surface area (Å²) in [5.41, 5.74) is 0. The van der Waals surface area contributed by atoms with E-state index in [0.717, 1.165) is 6.42 Å². The number of aliphatic hydroxyl groups excluding tert-OH is 5. The van der Waals surface area contributed by atoms with Crippen molar-refractivity contribution in [3.8, 4) is 11.8 Å². The van der Waals surface area contributed by atoms with Gasteiger partial charge < -0.3 is 68.7 Å². The van der Waals surface area contributed by atoms with Crippen molar-refractivity contribution < 1.29 is 147 Å². The van der Waals surface area contributed by atoms with Gasteiger partial charge in [-0.3, -0.25) is 19.2 Å². The zero-order valence-corrected chi connectivity index (χ0v) is 81.0. The van der Waals surface area contributed by atoms with E-state index >= 15 is 0 Å². The molecule has 9 atom stereocenters. The Balaban J connectivity index is 0. The van der Waals surface area contributed by atoms with Gasteiger partial charge in [-0.15, -0.1) is 0 Å². The number of hydrogen-bond acceptors (Lipinski definition) is 18. The molecule has 0 aliphatic rings. The summed E-state index contributed by atoms with van der Waals surface area (Å²) >= 11 is 0. The minimum Gasteiger partial charge on any atom is -0.870 e. The molecule has 4 aromatic rings. The van der Waals surface area contributed by atoms with E-state index in [2.05, 4.69) is 212 Å². The zero-order valence-electron chi connectivity index (χ0n) is 75.0. The number of carbonyl (C=O) groups is 5. The number of aliphatic hydroxyl groups is 5. The number of benzene rings is 4. The third-order valence-corrected chi connectivity index (χ3v) is 28.4. The Morgan fingerprint density at radius 2 is 0.730 bits per heavy atom. The maximum atomic E-state index is 11.8. The first-order valence-corrected chi connectivity index (χ1v) is 45.5. The monoisotopic (exact) mass is 1730 g/mol. The summed E-state index contributed by atoms with van der Waals surface area (Å²) in [5.74, 6) is 3.65. The van der Waals surface area contributed by atoms with Crippen LogP contribution in [0.1, 0.15) is 186 Å². The Hall–Kier alpha value is -7.74. The Bertz CT molecular complexity index is 3930. The molecule has 122 heavy (non-hydrogen) atoms. The molecule has 18 nitrogen and oxygen atoms in total. The summed E-state index contributed by atoms with van der Waals surface area (Å²) in [7, 11) is -5.63. The molecule has 0 aliphatic carbocycles. The van der Waals surface area contributed by atoms with Crippen molar-refractivity contribution in [2.75, 3.05) is 13.2 Å². The molecule has 0 saturated heterocycles. The number of ether oxygens (including phenoxy) is 4. The molecule has 0 aliphatic heterocycles. The predicted molar refractivity (Wildman–Crippen MR) is 488 cm³/mol. The first kappa shape index (κ1) is 116. The SMILES string of the molecule is CCOC(=O)CCC[C@@H](C#C/C=C/C=C/[C@@H](C/C=C\C=C\[C@@H](CC)O[Si](c1ccccc1)(c1ccccc1)C(C)(C)C)O[Si](c1ccccc1)(c1ccccc1)C(C)(C)C)OC(C)=O.CCOC(=O)CCC[C@@H](\C=C/C=C/C=C/[C@H](O)C/C=C\C=C\[C@H](O)CC)OC(C)=O.CC[C@@H](O)/C=C/C=C\C[C@@H](O)/C=C/C=C/C=C\[C@@H](O)CCCC(=O)[O-].[Na+].[Na+].[OH-]. The minimum absolute atomic E-state index is 0. The van der Waals surface area contributed by atoms with E-state index < -0.39 is 71.3 Å². The molecule has 22 heteroatoms. The molecule has 0 heterocycles. The molecule has 0 bridgehead atoms. The Morgan fingerprint density at radius 3 is 1.11 bits per heavy atom. The van der Waals surface area contributed by atoms with Gasteiger partial charge in [0.1, 0.15) is 6.10 Å². The van der Waals surface area contributed by atoms with Gasteiger partial charge in [0.15, 0.2) is 6.10 Å². The fourth-order valence-corrected chi connectivity index (χ4v) is 21.6. The smallest absolute Gasteiger partial charge is 0.870 e. The first-order chi connectivity index (χ1) is 57.0. The van der Waals surface area contributed by atoms with E-state index in [0.29, 0.717) is 90.3 Å². The molecule has 0 spiro atoms. The second-order valence-electron chi connectivity index (χ2n) is 30.1. The molecule has 0 radical (unpaired) electrons. The summed E-state index contributed by atoms with van der Waals surface area (Å²) in [6, 6.07) is 42.9. The van der Waals surface area contributed by atoms with Crippen LogP contribution in [0.5, 0.6) is 0 Å². The molecule has 0 aromatic heterocycles. The summed E-state index contributed by atoms with van der Waals surface area (Å²) in [5, 5.41) is 62.7. The van der Waals surface area contributed by atoms with Gasteiger partial charge in [-0.1, -0.05) is 353 Å². The van der Waals surface area contributed by atoms with Gasteiger partial charge in [0, 0.05) is 32.7 Å². The molecule has 0 fully saturated rings. The number of hydrogen-bond donors (Lipinski definition) is 5. The topological polar surface area (TPSA) is 295 Å². The van der Waals surface area contributed by atoms with E-state index in [1.807, 2.05) is 38.2 Å². The van der Waals surface area contributed by atoms with Gasteiger partial charge in [0.2, 0.25) is 0 Å². The number of allylic oxidation sites excluding steroid dienone is 17. The van der Waals surface area contributed by atoms with Gasteiger partial charge in [-0.05, 0) is 140 Å². The summed E-state index contributed by atoms with van der Waals surface area (Å²) in [6.07, 6.45) is 53.9. The summed E-state index contributed by atoms with van der Waals surface area (Å²) in [6.45, 7) is 26.7. The number of carboxylic acid groups (broad SMARTS) is 1. The average molecular weight is 1730 g/mol. The zero-order chi connectivity index (χ0) is 88.0. The van der Waals surface area contributed by atoms with Crippen LogP contribution in [0.25, 0.3) is 0 Å². The predicted octanol–water partition coefficient (Wildman–Crippen LogP) is 9.93. The van der Waals surface area contributed by atoms with Crippen LogP contribution in [0.4, 0.5) is 0 Å². The molecule has 4 rings (SSSR count). The molecule has 0 unspecified atom stereocenters. The van der Waals surface area contributed by atoms with Crippen LogP contribution in [-0.4, -0.2) is 146 Å². The second-order valence-corrected chi connectivity index (χ2v) is 38.6. The van der Waals surface area contributed by atoms with Crippen molar-refractivity contribution in [2.45, 2.75) is 251 Å². The maximum Gasteiger partial charge on any atom is 1.00 e. The minimum atomic E-state index is -2.90. The van der Waals surface area contributed by atoms with Crippen molar-refractivity contribution in [3.63, 3.8) is 0 Å². The van der Waals surface area contributed by atoms with E-state index in [1.54, 1.807) is 129 Å². The number of aliphatic carboxylic acids is 1. The fourth-order valence-electron chi connectivity index (χ4n) is 12.3. The third-order valence-electron chi connectivity index (χ3n) is 18.3. The molecule has 6 N–H and O–H groups in total. The van der Waals surface area contributed by atoms with Crippen LogP contribution in [0.2, 0.25) is 10.1 Å². The van der Waals surface area contributed by atoms with E-state index in [1.165, 1.54) is 34.6 Å². The van der Waals surface area contributed by atoms with Gasteiger partial charge in [0.05, 0.1) is 55.9 Å². The van der Waals surface area contributed by atoms with E-state index in [4.69, 9.17) is 27.8 Å². The van der Waals surface area contributed by atoms with Crippen molar-refractivity contribution in [1.82, 2.24) is 0 Å². The van der Waals surface area contributed by atoms with Crippen molar-refractivity contribution in [1.29, 1.82) is 0 Å². The molecular weight excluding hydrogens is 1590 g/mol. The number of carbonyl (C=O) groups excluding carboxylic acids is 5. The number of rotatable bonds is 49. The standard InChI is InChI=1S/C56H70O6Si2.C24H36O6.C20H30O5.2Na.H2O/c1-10-47(61-63(55(4,5)6,50-37-23-15-24-38-50)51-39-25-16-26-40-51)32-21-14-22-35-49(34-20-13-12-19-33-48(60-46(3)57)36-31-45-54(58)59-11-2)62-64(56(7,8)9,52-41-27-17-28-42-52)53-43-29-18-30-44-53;1-4-21(26)14-10-8-11-16-22(27)15-9-6-7-12-17-23(30-20(3)25)18-13-19-24(28)29-5-2;1-2-17(21)11-8-5-9-14-18(22)12-6-3-4-7-13-19(23)15-10-16-20(24)25;;;/h12-18,20-30,32,34,37-44,47-49H,10-11,31,35-36,45H2,1-9H3;6-12,14-15,17,21-23,26-27H,4-5,13,16,18-19H2,1-3H3;3-9,11-13,17-19,21-23H,2,10,14-16H2,1H3,(H,24,25);;;1H2/q;;;2*+1;/p-2/b13-12+,22-14-,32-21+,34-20+;7-6+,11-8-,14-10+,15-9+,17-12-;4-3+,9-5-,11-8+,12-6+,13-7-;;;/t47-,48-,49+;21-,22+,23-;17-,18+,19-;;;/m111.../s1. The molecule has 654 valence electrons. The normalized spacial score (nSPS) is 14.6. The summed E-state index contributed by atoms with van der Waals surface area (Å²) in [4.78, 5) is 56.4.